The van der Waals surface area contributed by atoms with Crippen molar-refractivity contribution in [2.75, 3.05) is 57.5 Å². The van der Waals surface area contributed by atoms with E-state index in [1.165, 1.54) is 34.7 Å². The molecular formula is C33H43IN4O4S. The maximum Gasteiger partial charge on any atom is 0.411 e. The summed E-state index contributed by atoms with van der Waals surface area (Å²) < 4.78 is 13.9. The van der Waals surface area contributed by atoms with Crippen LogP contribution in [0.4, 0.5) is 10.5 Å². The number of quaternary nitrogens is 1. The van der Waals surface area contributed by atoms with E-state index in [9.17, 15) is 9.59 Å². The number of pyridine rings is 1. The number of rotatable bonds is 14. The molecule has 1 saturated heterocycles. The number of aromatic amines is 1. The highest BCUT2D eigenvalue weighted by atomic mass is 127. The largest absolute Gasteiger partial charge is 1.00 e. The lowest BCUT2D eigenvalue weighted by Gasteiger charge is -2.44. The molecule has 4 aromatic rings. The lowest BCUT2D eigenvalue weighted by atomic mass is 10.1. The van der Waals surface area contributed by atoms with Crippen LogP contribution in [0.15, 0.2) is 64.8 Å². The molecule has 43 heavy (non-hydrogen) atoms. The first-order chi connectivity index (χ1) is 20.5. The third-order valence-corrected chi connectivity index (χ3v) is 9.15. The molecule has 3 heterocycles. The molecule has 2 N–H and O–H groups in total. The maximum atomic E-state index is 12.5. The van der Waals surface area contributed by atoms with Crippen molar-refractivity contribution >= 4 is 44.1 Å². The molecule has 2 aromatic heterocycles. The summed E-state index contributed by atoms with van der Waals surface area (Å²) in [5.41, 5.74) is 1.96. The number of anilines is 1. The van der Waals surface area contributed by atoms with Gasteiger partial charge in [0.15, 0.2) is 0 Å². The number of carbonyl (C=O) groups is 1. The van der Waals surface area contributed by atoms with Crippen LogP contribution in [-0.2, 0) is 4.74 Å². The molecule has 0 atom stereocenters. The first kappa shape index (κ1) is 33.1. The summed E-state index contributed by atoms with van der Waals surface area (Å²) in [6, 6.07) is 17.9. The number of fused-ring (bicyclic) bond motifs is 2. The second-order valence-corrected chi connectivity index (χ2v) is 12.2. The summed E-state index contributed by atoms with van der Waals surface area (Å²) in [5.74, 6) is 0.753. The number of nitrogens with zero attached hydrogens (tertiary/aromatic N) is 2. The Labute approximate surface area is 275 Å². The highest BCUT2D eigenvalue weighted by Gasteiger charge is 2.34. The van der Waals surface area contributed by atoms with Crippen molar-refractivity contribution in [2.24, 2.45) is 0 Å². The molecule has 0 unspecified atom stereocenters. The molecule has 10 heteroatoms. The molecule has 0 radical (unpaired) electrons. The minimum absolute atomic E-state index is 0. The fraction of sp³-hybridized carbons (Fsp3) is 0.455. The molecule has 8 nitrogen and oxygen atoms in total. The summed E-state index contributed by atoms with van der Waals surface area (Å²) in [6.07, 6.45) is 6.03. The summed E-state index contributed by atoms with van der Waals surface area (Å²) >= 11 is 1.78. The fourth-order valence-electron chi connectivity index (χ4n) is 5.75. The number of thiophene rings is 1. The van der Waals surface area contributed by atoms with Gasteiger partial charge in [-0.25, -0.2) is 4.79 Å². The Hall–Kier alpha value is -2.83. The average molecular weight is 719 g/mol. The van der Waals surface area contributed by atoms with Crippen LogP contribution in [-0.4, -0.2) is 68.2 Å². The Balaban J connectivity index is 0.00000423. The minimum Gasteiger partial charge on any atom is -1.00 e. The molecule has 5 rings (SSSR count). The maximum absolute atomic E-state index is 12.5. The third-order valence-electron chi connectivity index (χ3n) is 8.26. The van der Waals surface area contributed by atoms with E-state index in [2.05, 4.69) is 51.8 Å². The highest BCUT2D eigenvalue weighted by Crippen LogP contribution is 2.32. The van der Waals surface area contributed by atoms with E-state index in [0.717, 1.165) is 79.5 Å². The zero-order chi connectivity index (χ0) is 29.2. The summed E-state index contributed by atoms with van der Waals surface area (Å²) in [7, 11) is 0. The van der Waals surface area contributed by atoms with Gasteiger partial charge in [0.1, 0.15) is 5.75 Å². The van der Waals surface area contributed by atoms with Gasteiger partial charge in [-0.3, -0.25) is 9.28 Å². The molecule has 0 saturated carbocycles. The number of benzene rings is 2. The SMILES string of the molecule is CCCCCCNC(=O)OC[N+]1(CCCCOc2ccc3ccc(=O)[nH]c3c2)CCN(c2cccc3sccc23)CC1.[I-]. The molecule has 1 amide bonds. The van der Waals surface area contributed by atoms with Gasteiger partial charge in [0.25, 0.3) is 0 Å². The van der Waals surface area contributed by atoms with Crippen molar-refractivity contribution in [1.29, 1.82) is 0 Å². The molecule has 0 spiro atoms. The van der Waals surface area contributed by atoms with Crippen molar-refractivity contribution < 1.29 is 42.7 Å². The standard InChI is InChI=1S/C33H42N4O4S.HI/c1-2-3-4-5-16-34-33(39)41-25-37(20-17-36(18-21-37)30-9-8-10-31-28(30)15-23-42-31)19-6-7-22-40-27-13-11-26-12-14-32(38)35-29(26)24-27;/h8-15,23-24H,2-7,16-22,25H2,1H3,(H-,34,35,38,39);1H. The smallest absolute Gasteiger partial charge is 0.411 e. The van der Waals surface area contributed by atoms with Crippen molar-refractivity contribution in [3.05, 3.63) is 70.3 Å². The molecule has 1 aliphatic rings. The van der Waals surface area contributed by atoms with Gasteiger partial charge in [-0.2, -0.15) is 0 Å². The third kappa shape index (κ3) is 9.09. The lowest BCUT2D eigenvalue weighted by Crippen LogP contribution is -3.00. The lowest BCUT2D eigenvalue weighted by molar-refractivity contribution is -0.944. The highest BCUT2D eigenvalue weighted by molar-refractivity contribution is 7.17. The van der Waals surface area contributed by atoms with E-state index in [0.29, 0.717) is 19.9 Å². The zero-order valence-electron chi connectivity index (χ0n) is 25.0. The molecule has 0 bridgehead atoms. The molecular weight excluding hydrogens is 675 g/mol. The summed E-state index contributed by atoms with van der Waals surface area (Å²) in [5, 5.41) is 7.39. The number of hydrogen-bond donors (Lipinski definition) is 2. The monoisotopic (exact) mass is 718 g/mol. The molecule has 2 aromatic carbocycles. The molecule has 232 valence electrons. The van der Waals surface area contributed by atoms with Crippen LogP contribution in [0.3, 0.4) is 0 Å². The first-order valence-electron chi connectivity index (χ1n) is 15.3. The zero-order valence-corrected chi connectivity index (χ0v) is 28.0. The Morgan fingerprint density at radius 2 is 1.86 bits per heavy atom. The van der Waals surface area contributed by atoms with Crippen molar-refractivity contribution in [1.82, 2.24) is 10.3 Å². The number of unbranched alkanes of at least 4 members (excludes halogenated alkanes) is 4. The number of ether oxygens (including phenoxy) is 2. The predicted molar refractivity (Wildman–Crippen MR) is 172 cm³/mol. The second kappa shape index (κ2) is 16.3. The van der Waals surface area contributed by atoms with Gasteiger partial charge in [0.2, 0.25) is 12.3 Å². The van der Waals surface area contributed by atoms with Crippen LogP contribution in [0.1, 0.15) is 45.4 Å². The number of alkyl carbamates (subject to hydrolysis) is 1. The van der Waals surface area contributed by atoms with E-state index in [-0.39, 0.29) is 35.6 Å². The summed E-state index contributed by atoms with van der Waals surface area (Å²) in [6.45, 7) is 8.43. The van der Waals surface area contributed by atoms with E-state index >= 15 is 0 Å². The van der Waals surface area contributed by atoms with E-state index in [1.54, 1.807) is 11.3 Å². The Kier molecular flexibility index (Phi) is 12.5. The van der Waals surface area contributed by atoms with Gasteiger partial charge >= 0.3 is 6.09 Å². The van der Waals surface area contributed by atoms with Crippen molar-refractivity contribution in [3.8, 4) is 5.75 Å². The number of hydrogen-bond acceptors (Lipinski definition) is 6. The predicted octanol–water partition coefficient (Wildman–Crippen LogP) is 3.51. The normalized spacial score (nSPS) is 14.4. The van der Waals surface area contributed by atoms with Crippen LogP contribution in [0.5, 0.6) is 5.75 Å². The molecule has 0 aliphatic carbocycles. The number of amides is 1. The van der Waals surface area contributed by atoms with Crippen molar-refractivity contribution in [3.63, 3.8) is 0 Å². The number of halogens is 1. The number of piperazine rings is 1. The van der Waals surface area contributed by atoms with Crippen LogP contribution in [0.2, 0.25) is 0 Å². The topological polar surface area (TPSA) is 83.7 Å². The van der Waals surface area contributed by atoms with Gasteiger partial charge in [0, 0.05) is 34.5 Å². The molecule has 1 fully saturated rings. The number of aromatic nitrogens is 1. The molecule has 1 aliphatic heterocycles. The Morgan fingerprint density at radius 1 is 1.02 bits per heavy atom. The van der Waals surface area contributed by atoms with Gasteiger partial charge in [-0.1, -0.05) is 32.3 Å². The fourth-order valence-corrected chi connectivity index (χ4v) is 6.56. The van der Waals surface area contributed by atoms with Crippen LogP contribution >= 0.6 is 11.3 Å². The number of H-pyrrole nitrogens is 1. The van der Waals surface area contributed by atoms with Gasteiger partial charge in [-0.05, 0) is 66.4 Å². The van der Waals surface area contributed by atoms with Gasteiger partial charge in [-0.15, -0.1) is 11.3 Å². The van der Waals surface area contributed by atoms with E-state index < -0.39 is 0 Å². The average Bonchev–Trinajstić information content (AvgIpc) is 3.49. The van der Waals surface area contributed by atoms with Crippen LogP contribution < -0.4 is 44.5 Å². The van der Waals surface area contributed by atoms with Crippen LogP contribution in [0, 0.1) is 0 Å². The first-order valence-corrected chi connectivity index (χ1v) is 16.2. The van der Waals surface area contributed by atoms with Crippen LogP contribution in [0.25, 0.3) is 21.0 Å². The summed E-state index contributed by atoms with van der Waals surface area (Å²) in [4.78, 5) is 29.5. The minimum atomic E-state index is -0.313. The Morgan fingerprint density at radius 3 is 2.70 bits per heavy atom. The van der Waals surface area contributed by atoms with Gasteiger partial charge < -0.3 is 48.7 Å². The van der Waals surface area contributed by atoms with Crippen molar-refractivity contribution in [2.45, 2.75) is 45.4 Å². The second-order valence-electron chi connectivity index (χ2n) is 11.3. The number of carbonyl (C=O) groups excluding carboxylic acids is 1. The van der Waals surface area contributed by atoms with Gasteiger partial charge in [0.05, 0.1) is 44.8 Å². The Bertz CT molecular complexity index is 1520. The van der Waals surface area contributed by atoms with E-state index in [1.807, 2.05) is 24.3 Å². The quantitative estimate of drug-likeness (QED) is 0.119. The number of nitrogens with one attached hydrogen (secondary N) is 2. The van der Waals surface area contributed by atoms with E-state index in [4.69, 9.17) is 9.47 Å².